The lowest BCUT2D eigenvalue weighted by molar-refractivity contribution is -0.120. The fraction of sp³-hybridized carbons (Fsp3) is 0.120. The van der Waals surface area contributed by atoms with Crippen molar-refractivity contribution in [2.45, 2.75) is 13.8 Å². The Kier molecular flexibility index (Phi) is 5.29. The second-order valence-corrected chi connectivity index (χ2v) is 7.24. The Labute approximate surface area is 179 Å². The Morgan fingerprint density at radius 1 is 0.871 bits per heavy atom. The van der Waals surface area contributed by atoms with Crippen molar-refractivity contribution in [3.05, 3.63) is 94.9 Å². The third kappa shape index (κ3) is 3.57. The molecule has 1 N–H and O–H groups in total. The van der Waals surface area contributed by atoms with Crippen LogP contribution in [0.2, 0.25) is 0 Å². The van der Waals surface area contributed by atoms with Crippen molar-refractivity contribution in [3.63, 3.8) is 0 Å². The predicted octanol–water partition coefficient (Wildman–Crippen LogP) is 4.85. The van der Waals surface area contributed by atoms with E-state index in [-0.39, 0.29) is 11.3 Å². The van der Waals surface area contributed by atoms with E-state index >= 15 is 0 Å². The maximum Gasteiger partial charge on any atom is 0.282 e. The highest BCUT2D eigenvalue weighted by Crippen LogP contribution is 2.37. The van der Waals surface area contributed by atoms with Crippen molar-refractivity contribution in [1.29, 1.82) is 0 Å². The molecular weight excluding hydrogens is 395 g/mol. The van der Waals surface area contributed by atoms with Crippen LogP contribution < -0.4 is 15.0 Å². The summed E-state index contributed by atoms with van der Waals surface area (Å²) in [6, 6.07) is 18.0. The van der Waals surface area contributed by atoms with Crippen LogP contribution in [-0.4, -0.2) is 18.9 Å². The molecule has 156 valence electrons. The first-order valence-electron chi connectivity index (χ1n) is 9.77. The first-order chi connectivity index (χ1) is 14.9. The third-order valence-corrected chi connectivity index (χ3v) is 5.41. The summed E-state index contributed by atoms with van der Waals surface area (Å²) in [6.07, 6.45) is 0. The van der Waals surface area contributed by atoms with Gasteiger partial charge in [0.25, 0.3) is 11.8 Å². The number of hydrogen-bond donors (Lipinski definition) is 1. The number of nitrogens with zero attached hydrogens (tertiary/aromatic N) is 1. The number of ether oxygens (including phenoxy) is 1. The number of hydrogen-bond acceptors (Lipinski definition) is 4. The average molecular weight is 416 g/mol. The van der Waals surface area contributed by atoms with Gasteiger partial charge in [-0.15, -0.1) is 0 Å². The van der Waals surface area contributed by atoms with Gasteiger partial charge in [0.15, 0.2) is 0 Å². The maximum atomic E-state index is 13.5. The third-order valence-electron chi connectivity index (χ3n) is 5.41. The van der Waals surface area contributed by atoms with Crippen LogP contribution in [0, 0.1) is 19.7 Å². The van der Waals surface area contributed by atoms with Crippen LogP contribution in [0.25, 0.3) is 5.57 Å². The van der Waals surface area contributed by atoms with Crippen LogP contribution in [0.4, 0.5) is 15.8 Å². The average Bonchev–Trinajstić information content (AvgIpc) is 3.01. The van der Waals surface area contributed by atoms with Crippen LogP contribution in [0.1, 0.15) is 16.7 Å². The first-order valence-corrected chi connectivity index (χ1v) is 9.77. The van der Waals surface area contributed by atoms with E-state index in [2.05, 4.69) is 5.32 Å². The number of methoxy groups -OCH3 is 1. The molecule has 0 saturated heterocycles. The van der Waals surface area contributed by atoms with Crippen LogP contribution in [0.5, 0.6) is 5.75 Å². The molecule has 4 rings (SSSR count). The van der Waals surface area contributed by atoms with Gasteiger partial charge in [0.1, 0.15) is 17.3 Å². The van der Waals surface area contributed by atoms with Crippen LogP contribution in [0.3, 0.4) is 0 Å². The number of aryl methyl sites for hydroxylation is 1. The lowest BCUT2D eigenvalue weighted by atomic mass is 10.0. The van der Waals surface area contributed by atoms with E-state index in [1.165, 1.54) is 31.4 Å². The maximum absolute atomic E-state index is 13.5. The molecule has 1 heterocycles. The Bertz CT molecular complexity index is 1220. The molecule has 2 amide bonds. The number of carbonyl (C=O) groups excluding carboxylic acids is 2. The molecule has 1 aliphatic heterocycles. The smallest absolute Gasteiger partial charge is 0.282 e. The topological polar surface area (TPSA) is 58.6 Å². The zero-order valence-electron chi connectivity index (χ0n) is 17.4. The molecule has 3 aromatic rings. The summed E-state index contributed by atoms with van der Waals surface area (Å²) in [7, 11) is 1.51. The van der Waals surface area contributed by atoms with Crippen molar-refractivity contribution in [2.24, 2.45) is 0 Å². The van der Waals surface area contributed by atoms with Crippen molar-refractivity contribution in [3.8, 4) is 5.75 Å². The molecule has 1 aliphatic rings. The molecule has 6 heteroatoms. The van der Waals surface area contributed by atoms with Crippen LogP contribution >= 0.6 is 0 Å². The Morgan fingerprint density at radius 2 is 1.58 bits per heavy atom. The zero-order valence-corrected chi connectivity index (χ0v) is 17.4. The molecule has 0 spiro atoms. The number of rotatable bonds is 5. The lowest BCUT2D eigenvalue weighted by Crippen LogP contribution is -2.32. The molecule has 0 atom stereocenters. The van der Waals surface area contributed by atoms with E-state index in [0.717, 1.165) is 21.7 Å². The van der Waals surface area contributed by atoms with E-state index in [1.807, 2.05) is 32.0 Å². The van der Waals surface area contributed by atoms with Gasteiger partial charge >= 0.3 is 0 Å². The highest BCUT2D eigenvalue weighted by atomic mass is 19.1. The number of anilines is 2. The minimum Gasteiger partial charge on any atom is -0.496 e. The van der Waals surface area contributed by atoms with Crippen molar-refractivity contribution in [2.75, 3.05) is 17.3 Å². The van der Waals surface area contributed by atoms with Gasteiger partial charge in [0.05, 0.1) is 18.4 Å². The molecule has 0 saturated carbocycles. The molecule has 0 radical (unpaired) electrons. The summed E-state index contributed by atoms with van der Waals surface area (Å²) in [5.41, 5.74) is 3.89. The van der Waals surface area contributed by atoms with Gasteiger partial charge in [-0.2, -0.15) is 0 Å². The SMILES string of the molecule is COc1ccccc1C1=C(Nc2cccc(C)c2C)C(=O)N(c2ccc(F)cc2)C1=O. The van der Waals surface area contributed by atoms with Crippen molar-refractivity contribution >= 4 is 28.8 Å². The van der Waals surface area contributed by atoms with E-state index in [4.69, 9.17) is 4.74 Å². The molecule has 0 unspecified atom stereocenters. The fourth-order valence-electron chi connectivity index (χ4n) is 3.59. The normalized spacial score (nSPS) is 13.7. The molecular formula is C25H21FN2O3. The molecule has 31 heavy (non-hydrogen) atoms. The van der Waals surface area contributed by atoms with Crippen molar-refractivity contribution < 1.29 is 18.7 Å². The van der Waals surface area contributed by atoms with E-state index < -0.39 is 17.6 Å². The van der Waals surface area contributed by atoms with E-state index in [9.17, 15) is 14.0 Å². The number of nitrogens with one attached hydrogen (secondary N) is 1. The van der Waals surface area contributed by atoms with E-state index in [0.29, 0.717) is 17.0 Å². The molecule has 5 nitrogen and oxygen atoms in total. The van der Waals surface area contributed by atoms with Gasteiger partial charge in [-0.05, 0) is 61.4 Å². The number of imide groups is 1. The minimum absolute atomic E-state index is 0.146. The summed E-state index contributed by atoms with van der Waals surface area (Å²) in [5, 5.41) is 3.18. The van der Waals surface area contributed by atoms with Crippen LogP contribution in [0.15, 0.2) is 72.4 Å². The molecule has 0 aromatic heterocycles. The highest BCUT2D eigenvalue weighted by molar-refractivity contribution is 6.46. The molecule has 0 bridgehead atoms. The number of carbonyl (C=O) groups is 2. The molecule has 3 aromatic carbocycles. The van der Waals surface area contributed by atoms with E-state index in [1.54, 1.807) is 24.3 Å². The lowest BCUT2D eigenvalue weighted by Gasteiger charge is -2.16. The highest BCUT2D eigenvalue weighted by Gasteiger charge is 2.41. The number of halogens is 1. The monoisotopic (exact) mass is 416 g/mol. The van der Waals surface area contributed by atoms with Gasteiger partial charge < -0.3 is 10.1 Å². The van der Waals surface area contributed by atoms with Crippen molar-refractivity contribution in [1.82, 2.24) is 0 Å². The minimum atomic E-state index is -0.515. The first kappa shape index (κ1) is 20.3. The van der Waals surface area contributed by atoms with Gasteiger partial charge in [-0.1, -0.05) is 30.3 Å². The predicted molar refractivity (Wildman–Crippen MR) is 118 cm³/mol. The number of amides is 2. The van der Waals surface area contributed by atoms with Gasteiger partial charge in [0.2, 0.25) is 0 Å². The standard InChI is InChI=1S/C25H21FN2O3/c1-15-7-6-9-20(16(15)2)27-23-22(19-8-4-5-10-21(19)31-3)24(29)28(25(23)30)18-13-11-17(26)12-14-18/h4-14,27H,1-3H3. The summed E-state index contributed by atoms with van der Waals surface area (Å²) >= 11 is 0. The summed E-state index contributed by atoms with van der Waals surface area (Å²) < 4.78 is 18.9. The summed E-state index contributed by atoms with van der Waals surface area (Å²) in [5.74, 6) is -0.998. The molecule has 0 fully saturated rings. The summed E-state index contributed by atoms with van der Waals surface area (Å²) in [6.45, 7) is 3.92. The summed E-state index contributed by atoms with van der Waals surface area (Å²) in [4.78, 5) is 28.0. The Balaban J connectivity index is 1.88. The fourth-order valence-corrected chi connectivity index (χ4v) is 3.59. The second kappa shape index (κ2) is 8.07. The van der Waals surface area contributed by atoms with Gasteiger partial charge in [-0.3, -0.25) is 9.59 Å². The quantitative estimate of drug-likeness (QED) is 0.604. The van der Waals surface area contributed by atoms with Gasteiger partial charge in [-0.25, -0.2) is 9.29 Å². The number of para-hydroxylation sites is 1. The Hall–Kier alpha value is -3.93. The van der Waals surface area contributed by atoms with Gasteiger partial charge in [0, 0.05) is 11.3 Å². The zero-order chi connectivity index (χ0) is 22.1. The largest absolute Gasteiger partial charge is 0.496 e. The Morgan fingerprint density at radius 3 is 2.29 bits per heavy atom. The second-order valence-electron chi connectivity index (χ2n) is 7.24. The number of benzene rings is 3. The van der Waals surface area contributed by atoms with Crippen LogP contribution in [-0.2, 0) is 9.59 Å². The molecule has 0 aliphatic carbocycles.